The van der Waals surface area contributed by atoms with Crippen molar-refractivity contribution in [1.82, 2.24) is 9.97 Å². The first-order valence-electron chi connectivity index (χ1n) is 7.37. The second-order valence-corrected chi connectivity index (χ2v) is 4.89. The van der Waals surface area contributed by atoms with Gasteiger partial charge in [-0.3, -0.25) is 0 Å². The van der Waals surface area contributed by atoms with Crippen molar-refractivity contribution < 1.29 is 4.74 Å². The fourth-order valence-corrected chi connectivity index (χ4v) is 1.93. The van der Waals surface area contributed by atoms with E-state index >= 15 is 0 Å². The van der Waals surface area contributed by atoms with Crippen LogP contribution in [0.3, 0.4) is 0 Å². The van der Waals surface area contributed by atoms with Gasteiger partial charge in [-0.05, 0) is 49.1 Å². The molecule has 0 amide bonds. The van der Waals surface area contributed by atoms with E-state index in [-0.39, 0.29) is 0 Å². The molecule has 0 atom stereocenters. The van der Waals surface area contributed by atoms with Gasteiger partial charge in [0.2, 0.25) is 0 Å². The Morgan fingerprint density at radius 2 is 1.65 bits per heavy atom. The quantitative estimate of drug-likeness (QED) is 0.753. The van der Waals surface area contributed by atoms with Crippen LogP contribution in [0.25, 0.3) is 11.4 Å². The summed E-state index contributed by atoms with van der Waals surface area (Å²) in [7, 11) is 0. The van der Waals surface area contributed by atoms with Crippen molar-refractivity contribution in [3.8, 4) is 17.1 Å². The van der Waals surface area contributed by atoms with Crippen molar-refractivity contribution in [1.29, 1.82) is 0 Å². The van der Waals surface area contributed by atoms with Crippen LogP contribution in [0.1, 0.15) is 38.7 Å². The second-order valence-electron chi connectivity index (χ2n) is 4.89. The van der Waals surface area contributed by atoms with Gasteiger partial charge in [-0.15, -0.1) is 0 Å². The van der Waals surface area contributed by atoms with E-state index in [0.717, 1.165) is 36.6 Å². The molecule has 0 unspecified atom stereocenters. The molecule has 1 aromatic heterocycles. The molecule has 0 radical (unpaired) electrons. The lowest BCUT2D eigenvalue weighted by atomic mass is 10.1. The molecule has 0 fully saturated rings. The summed E-state index contributed by atoms with van der Waals surface area (Å²) in [6.07, 6.45) is 8.32. The Morgan fingerprint density at radius 3 is 2.25 bits per heavy atom. The summed E-state index contributed by atoms with van der Waals surface area (Å²) in [5, 5.41) is 0. The summed E-state index contributed by atoms with van der Waals surface area (Å²) in [5.74, 6) is 1.67. The largest absolute Gasteiger partial charge is 0.494 e. The van der Waals surface area contributed by atoms with E-state index in [9.17, 15) is 0 Å². The standard InChI is InChI=1S/C17H22N2O/c1-3-5-6-14-12-18-17(19-13-14)15-7-9-16(10-8-15)20-11-4-2/h7-10,12-13H,3-6,11H2,1-2H3. The normalized spacial score (nSPS) is 10.5. The monoisotopic (exact) mass is 270 g/mol. The van der Waals surface area contributed by atoms with E-state index in [1.54, 1.807) is 0 Å². The summed E-state index contributed by atoms with van der Waals surface area (Å²) in [5.41, 5.74) is 2.23. The van der Waals surface area contributed by atoms with Crippen molar-refractivity contribution >= 4 is 0 Å². The molecule has 0 aliphatic carbocycles. The third kappa shape index (κ3) is 4.05. The Kier molecular flexibility index (Phi) is 5.54. The Morgan fingerprint density at radius 1 is 0.950 bits per heavy atom. The Bertz CT molecular complexity index is 456. The minimum Gasteiger partial charge on any atom is -0.494 e. The van der Waals surface area contributed by atoms with Gasteiger partial charge in [-0.2, -0.15) is 0 Å². The lowest BCUT2D eigenvalue weighted by molar-refractivity contribution is 0.317. The predicted octanol–water partition coefficient (Wildman–Crippen LogP) is 4.28. The third-order valence-corrected chi connectivity index (χ3v) is 3.11. The number of ether oxygens (including phenoxy) is 1. The molecule has 1 heterocycles. The van der Waals surface area contributed by atoms with Gasteiger partial charge in [0.1, 0.15) is 5.75 Å². The minimum atomic E-state index is 0.752. The van der Waals surface area contributed by atoms with Crippen molar-refractivity contribution in [2.45, 2.75) is 39.5 Å². The van der Waals surface area contributed by atoms with Gasteiger partial charge in [-0.1, -0.05) is 20.3 Å². The van der Waals surface area contributed by atoms with Gasteiger partial charge in [-0.25, -0.2) is 9.97 Å². The summed E-state index contributed by atoms with van der Waals surface area (Å²) in [6.45, 7) is 5.04. The average Bonchev–Trinajstić information content (AvgIpc) is 2.52. The fourth-order valence-electron chi connectivity index (χ4n) is 1.93. The number of benzene rings is 1. The van der Waals surface area contributed by atoms with E-state index in [0.29, 0.717) is 0 Å². The first kappa shape index (κ1) is 14.5. The number of aryl methyl sites for hydroxylation is 1. The topological polar surface area (TPSA) is 35.0 Å². The highest BCUT2D eigenvalue weighted by Crippen LogP contribution is 2.19. The van der Waals surface area contributed by atoms with Crippen LogP contribution < -0.4 is 4.74 Å². The van der Waals surface area contributed by atoms with Crippen molar-refractivity contribution in [2.24, 2.45) is 0 Å². The molecule has 3 nitrogen and oxygen atoms in total. The van der Waals surface area contributed by atoms with Crippen LogP contribution in [0, 0.1) is 0 Å². The zero-order chi connectivity index (χ0) is 14.2. The SMILES string of the molecule is CCCCc1cnc(-c2ccc(OCCC)cc2)nc1. The van der Waals surface area contributed by atoms with Crippen molar-refractivity contribution in [3.63, 3.8) is 0 Å². The summed E-state index contributed by atoms with van der Waals surface area (Å²) >= 11 is 0. The van der Waals surface area contributed by atoms with Crippen LogP contribution in [0.5, 0.6) is 5.75 Å². The zero-order valence-electron chi connectivity index (χ0n) is 12.3. The van der Waals surface area contributed by atoms with Crippen LogP contribution in [0.15, 0.2) is 36.7 Å². The highest BCUT2D eigenvalue weighted by molar-refractivity contribution is 5.55. The molecule has 0 aliphatic heterocycles. The van der Waals surface area contributed by atoms with Crippen LogP contribution in [0.2, 0.25) is 0 Å². The maximum Gasteiger partial charge on any atom is 0.159 e. The van der Waals surface area contributed by atoms with Crippen LogP contribution in [-0.4, -0.2) is 16.6 Å². The molecule has 3 heteroatoms. The van der Waals surface area contributed by atoms with Gasteiger partial charge in [0.15, 0.2) is 5.82 Å². The first-order chi connectivity index (χ1) is 9.83. The number of aromatic nitrogens is 2. The fraction of sp³-hybridized carbons (Fsp3) is 0.412. The maximum atomic E-state index is 5.57. The third-order valence-electron chi connectivity index (χ3n) is 3.11. The molecule has 0 spiro atoms. The molecule has 2 rings (SSSR count). The maximum absolute atomic E-state index is 5.57. The highest BCUT2D eigenvalue weighted by atomic mass is 16.5. The molecule has 2 aromatic rings. The number of hydrogen-bond acceptors (Lipinski definition) is 3. The second kappa shape index (κ2) is 7.63. The molecule has 1 aromatic carbocycles. The van der Waals surface area contributed by atoms with Crippen molar-refractivity contribution in [2.75, 3.05) is 6.61 Å². The first-order valence-corrected chi connectivity index (χ1v) is 7.37. The lowest BCUT2D eigenvalue weighted by Gasteiger charge is -2.06. The molecule has 0 N–H and O–H groups in total. The van der Waals surface area contributed by atoms with Crippen LogP contribution in [-0.2, 0) is 6.42 Å². The van der Waals surface area contributed by atoms with E-state index < -0.39 is 0 Å². The minimum absolute atomic E-state index is 0.752. The van der Waals surface area contributed by atoms with Crippen LogP contribution in [0.4, 0.5) is 0 Å². The molecule has 0 saturated carbocycles. The van der Waals surface area contributed by atoms with Gasteiger partial charge in [0.25, 0.3) is 0 Å². The Hall–Kier alpha value is -1.90. The molecule has 0 bridgehead atoms. The summed E-state index contributed by atoms with van der Waals surface area (Å²) in [6, 6.07) is 7.96. The molecular weight excluding hydrogens is 248 g/mol. The van der Waals surface area contributed by atoms with E-state index in [2.05, 4.69) is 23.8 Å². The summed E-state index contributed by atoms with van der Waals surface area (Å²) < 4.78 is 5.57. The van der Waals surface area contributed by atoms with Gasteiger partial charge >= 0.3 is 0 Å². The highest BCUT2D eigenvalue weighted by Gasteiger charge is 2.02. The molecule has 0 aliphatic rings. The number of rotatable bonds is 7. The van der Waals surface area contributed by atoms with Gasteiger partial charge in [0.05, 0.1) is 6.61 Å². The molecule has 106 valence electrons. The zero-order valence-corrected chi connectivity index (χ0v) is 12.3. The smallest absolute Gasteiger partial charge is 0.159 e. The Balaban J connectivity index is 2.03. The Labute approximate surface area is 121 Å². The van der Waals surface area contributed by atoms with Crippen LogP contribution >= 0.6 is 0 Å². The summed E-state index contributed by atoms with van der Waals surface area (Å²) in [4.78, 5) is 8.88. The predicted molar refractivity (Wildman–Crippen MR) is 81.9 cm³/mol. The number of unbranched alkanes of at least 4 members (excludes halogenated alkanes) is 1. The molecule has 20 heavy (non-hydrogen) atoms. The average molecular weight is 270 g/mol. The van der Waals surface area contributed by atoms with E-state index in [1.165, 1.54) is 18.4 Å². The van der Waals surface area contributed by atoms with E-state index in [4.69, 9.17) is 4.74 Å². The number of nitrogens with zero attached hydrogens (tertiary/aromatic N) is 2. The van der Waals surface area contributed by atoms with Gasteiger partial charge in [0, 0.05) is 18.0 Å². The lowest BCUT2D eigenvalue weighted by Crippen LogP contribution is -1.95. The van der Waals surface area contributed by atoms with Crippen molar-refractivity contribution in [3.05, 3.63) is 42.2 Å². The molecule has 0 saturated heterocycles. The number of hydrogen-bond donors (Lipinski definition) is 0. The molecular formula is C17H22N2O. The van der Waals surface area contributed by atoms with E-state index in [1.807, 2.05) is 36.7 Å². The van der Waals surface area contributed by atoms with Gasteiger partial charge < -0.3 is 4.74 Å².